The van der Waals surface area contributed by atoms with E-state index in [0.29, 0.717) is 5.25 Å². The van der Waals surface area contributed by atoms with Crippen molar-refractivity contribution in [3.05, 3.63) is 0 Å². The van der Waals surface area contributed by atoms with Crippen LogP contribution in [0.25, 0.3) is 0 Å². The second kappa shape index (κ2) is 17.6. The molecule has 0 amide bonds. The first-order chi connectivity index (χ1) is 11.6. The van der Waals surface area contributed by atoms with Gasteiger partial charge in [-0.2, -0.15) is 11.8 Å². The van der Waals surface area contributed by atoms with E-state index in [1.165, 1.54) is 12.8 Å². The van der Waals surface area contributed by atoms with Crippen LogP contribution in [0.2, 0.25) is 0 Å². The molecule has 0 unspecified atom stereocenters. The highest BCUT2D eigenvalue weighted by Crippen LogP contribution is 2.24. The van der Waals surface area contributed by atoms with Crippen molar-refractivity contribution in [2.45, 2.75) is 102 Å². The molecule has 2 atom stereocenters. The molecule has 0 aliphatic carbocycles. The Balaban J connectivity index is 3.77. The van der Waals surface area contributed by atoms with Crippen molar-refractivity contribution in [3.8, 4) is 0 Å². The van der Waals surface area contributed by atoms with Gasteiger partial charge in [0.25, 0.3) is 0 Å². The number of hydrogen-bond donors (Lipinski definition) is 3. The summed E-state index contributed by atoms with van der Waals surface area (Å²) in [6.07, 6.45) is 12.7. The van der Waals surface area contributed by atoms with Gasteiger partial charge in [-0.15, -0.1) is 0 Å². The molecule has 0 aromatic carbocycles. The van der Waals surface area contributed by atoms with Crippen molar-refractivity contribution in [2.24, 2.45) is 0 Å². The number of hydrogen-bond acceptors (Lipinski definition) is 4. The van der Waals surface area contributed by atoms with Gasteiger partial charge in [-0.3, -0.25) is 4.79 Å². The molecule has 0 aliphatic rings. The predicted molar refractivity (Wildman–Crippen MR) is 103 cm³/mol. The fourth-order valence-corrected chi connectivity index (χ4v) is 3.99. The van der Waals surface area contributed by atoms with Gasteiger partial charge >= 0.3 is 5.97 Å². The smallest absolute Gasteiger partial charge is 0.303 e. The number of aliphatic carboxylic acids is 1. The van der Waals surface area contributed by atoms with Crippen LogP contribution in [0.4, 0.5) is 0 Å². The predicted octanol–water partition coefficient (Wildman–Crippen LogP) is 4.62. The Morgan fingerprint density at radius 2 is 1.54 bits per heavy atom. The average molecular weight is 363 g/mol. The third-order valence-corrected chi connectivity index (χ3v) is 5.68. The van der Waals surface area contributed by atoms with E-state index in [9.17, 15) is 9.90 Å². The minimum absolute atomic E-state index is 0.156. The summed E-state index contributed by atoms with van der Waals surface area (Å²) in [5.74, 6) is 0.0757. The molecule has 5 heteroatoms. The lowest BCUT2D eigenvalue weighted by Crippen LogP contribution is -2.10. The van der Waals surface area contributed by atoms with E-state index in [1.807, 2.05) is 11.8 Å². The van der Waals surface area contributed by atoms with E-state index in [1.54, 1.807) is 0 Å². The average Bonchev–Trinajstić information content (AvgIpc) is 2.55. The molecule has 0 heterocycles. The Kier molecular flexibility index (Phi) is 17.4. The summed E-state index contributed by atoms with van der Waals surface area (Å²) < 4.78 is 0. The number of carboxylic acid groups (broad SMARTS) is 1. The molecule has 3 N–H and O–H groups in total. The summed E-state index contributed by atoms with van der Waals surface area (Å²) in [5.41, 5.74) is 0. The second-order valence-corrected chi connectivity index (χ2v) is 8.05. The van der Waals surface area contributed by atoms with Gasteiger partial charge in [-0.1, -0.05) is 45.4 Å². The fourth-order valence-electron chi connectivity index (χ4n) is 2.89. The van der Waals surface area contributed by atoms with E-state index in [-0.39, 0.29) is 19.1 Å². The van der Waals surface area contributed by atoms with Crippen LogP contribution in [-0.4, -0.2) is 45.0 Å². The number of carboxylic acids is 1. The fraction of sp³-hybridized carbons (Fsp3) is 0.947. The van der Waals surface area contributed by atoms with Crippen LogP contribution in [0.3, 0.4) is 0 Å². The first-order valence-electron chi connectivity index (χ1n) is 9.72. The number of rotatable bonds is 18. The monoisotopic (exact) mass is 362 g/mol. The highest BCUT2D eigenvalue weighted by molar-refractivity contribution is 7.99. The van der Waals surface area contributed by atoms with Gasteiger partial charge in [-0.25, -0.2) is 0 Å². The van der Waals surface area contributed by atoms with Crippen LogP contribution >= 0.6 is 11.8 Å². The molecular formula is C19H38O4S. The molecule has 144 valence electrons. The van der Waals surface area contributed by atoms with E-state index >= 15 is 0 Å². The van der Waals surface area contributed by atoms with Crippen LogP contribution in [0.15, 0.2) is 0 Å². The molecule has 0 aromatic heterocycles. The highest BCUT2D eigenvalue weighted by Gasteiger charge is 2.11. The van der Waals surface area contributed by atoms with E-state index in [4.69, 9.17) is 10.2 Å². The number of carbonyl (C=O) groups is 1. The Labute approximate surface area is 152 Å². The van der Waals surface area contributed by atoms with Crippen molar-refractivity contribution in [2.75, 3.05) is 12.4 Å². The molecule has 0 radical (unpaired) electrons. The normalized spacial score (nSPS) is 13.8. The maximum atomic E-state index is 10.5. The van der Waals surface area contributed by atoms with E-state index < -0.39 is 5.97 Å². The van der Waals surface area contributed by atoms with Gasteiger partial charge in [0.15, 0.2) is 0 Å². The molecular weight excluding hydrogens is 324 g/mol. The quantitative estimate of drug-likeness (QED) is 0.310. The van der Waals surface area contributed by atoms with Crippen LogP contribution in [0, 0.1) is 0 Å². The third kappa shape index (κ3) is 16.6. The first-order valence-corrected chi connectivity index (χ1v) is 10.8. The van der Waals surface area contributed by atoms with Crippen molar-refractivity contribution in [1.82, 2.24) is 0 Å². The highest BCUT2D eigenvalue weighted by atomic mass is 32.2. The van der Waals surface area contributed by atoms with Gasteiger partial charge in [0.05, 0.1) is 12.7 Å². The lowest BCUT2D eigenvalue weighted by Gasteiger charge is -2.17. The van der Waals surface area contributed by atoms with Crippen molar-refractivity contribution >= 4 is 17.7 Å². The lowest BCUT2D eigenvalue weighted by atomic mass is 10.0. The van der Waals surface area contributed by atoms with Gasteiger partial charge < -0.3 is 15.3 Å². The Morgan fingerprint density at radius 1 is 0.917 bits per heavy atom. The molecule has 0 spiro atoms. The summed E-state index contributed by atoms with van der Waals surface area (Å²) in [5, 5.41) is 28.2. The van der Waals surface area contributed by atoms with Crippen molar-refractivity contribution in [3.63, 3.8) is 0 Å². The standard InChI is InChI=1S/C19H38O4S/c1-2-3-6-10-17(21)11-9-13-18(24-16-15-20)12-7-4-5-8-14-19(22)23/h17-18,20-21H,2-16H2,1H3,(H,22,23)/t17-,18-/m0/s1. The van der Waals surface area contributed by atoms with Crippen LogP contribution in [-0.2, 0) is 4.79 Å². The number of aliphatic hydroxyl groups excluding tert-OH is 2. The number of thioether (sulfide) groups is 1. The van der Waals surface area contributed by atoms with Gasteiger partial charge in [0.2, 0.25) is 0 Å². The molecule has 24 heavy (non-hydrogen) atoms. The van der Waals surface area contributed by atoms with Crippen LogP contribution in [0.5, 0.6) is 0 Å². The Hall–Kier alpha value is -0.260. The molecule has 0 rings (SSSR count). The van der Waals surface area contributed by atoms with Gasteiger partial charge in [-0.05, 0) is 38.5 Å². The zero-order valence-corrected chi connectivity index (χ0v) is 16.2. The zero-order chi connectivity index (χ0) is 18.0. The first kappa shape index (κ1) is 23.7. The molecule has 4 nitrogen and oxygen atoms in total. The second-order valence-electron chi connectivity index (χ2n) is 6.64. The summed E-state index contributed by atoms with van der Waals surface area (Å²) in [6.45, 7) is 2.40. The summed E-state index contributed by atoms with van der Waals surface area (Å²) in [4.78, 5) is 10.5. The zero-order valence-electron chi connectivity index (χ0n) is 15.4. The topological polar surface area (TPSA) is 77.8 Å². The third-order valence-electron chi connectivity index (χ3n) is 4.32. The van der Waals surface area contributed by atoms with E-state index in [2.05, 4.69) is 6.92 Å². The Morgan fingerprint density at radius 3 is 2.21 bits per heavy atom. The van der Waals surface area contributed by atoms with Crippen molar-refractivity contribution in [1.29, 1.82) is 0 Å². The Bertz CT molecular complexity index is 287. The minimum atomic E-state index is -0.705. The summed E-state index contributed by atoms with van der Waals surface area (Å²) >= 11 is 1.84. The summed E-state index contributed by atoms with van der Waals surface area (Å²) in [7, 11) is 0. The molecule has 0 saturated carbocycles. The van der Waals surface area contributed by atoms with Gasteiger partial charge in [0.1, 0.15) is 0 Å². The molecule has 0 fully saturated rings. The SMILES string of the molecule is CCCCC[C@H](O)CCC[C@H](CCCCCCC(=O)O)SCCO. The molecule has 0 bridgehead atoms. The maximum Gasteiger partial charge on any atom is 0.303 e. The van der Waals surface area contributed by atoms with Crippen molar-refractivity contribution < 1.29 is 20.1 Å². The van der Waals surface area contributed by atoms with Gasteiger partial charge in [0, 0.05) is 17.4 Å². The summed E-state index contributed by atoms with van der Waals surface area (Å²) in [6, 6.07) is 0. The maximum absolute atomic E-state index is 10.5. The number of unbranched alkanes of at least 4 members (excludes halogenated alkanes) is 5. The van der Waals surface area contributed by atoms with Crippen LogP contribution in [0.1, 0.15) is 90.4 Å². The largest absolute Gasteiger partial charge is 0.481 e. The van der Waals surface area contributed by atoms with Crippen LogP contribution < -0.4 is 0 Å². The van der Waals surface area contributed by atoms with E-state index in [0.717, 1.165) is 70.0 Å². The molecule has 0 aromatic rings. The molecule has 0 aliphatic heterocycles. The molecule has 0 saturated heterocycles. The lowest BCUT2D eigenvalue weighted by molar-refractivity contribution is -0.137. The minimum Gasteiger partial charge on any atom is -0.481 e. The number of aliphatic hydroxyl groups is 2.